The number of thiophene rings is 1. The zero-order valence-corrected chi connectivity index (χ0v) is 19.3. The van der Waals surface area contributed by atoms with E-state index in [4.69, 9.17) is 4.74 Å². The first-order valence-corrected chi connectivity index (χ1v) is 11.7. The van der Waals surface area contributed by atoms with Gasteiger partial charge in [0, 0.05) is 56.6 Å². The predicted octanol–water partition coefficient (Wildman–Crippen LogP) is 4.12. The summed E-state index contributed by atoms with van der Waals surface area (Å²) in [7, 11) is 0. The maximum Gasteiger partial charge on any atom is 0.264 e. The van der Waals surface area contributed by atoms with Gasteiger partial charge < -0.3 is 9.64 Å². The first-order valence-electron chi connectivity index (χ1n) is 10.8. The molecular formula is C24H30N4O2S. The molecule has 1 fully saturated rings. The Hall–Kier alpha value is -2.64. The van der Waals surface area contributed by atoms with Crippen LogP contribution in [0.25, 0.3) is 0 Å². The van der Waals surface area contributed by atoms with Crippen molar-refractivity contribution in [2.24, 2.45) is 0 Å². The van der Waals surface area contributed by atoms with E-state index >= 15 is 0 Å². The van der Waals surface area contributed by atoms with Crippen LogP contribution in [0.4, 0.5) is 0 Å². The highest BCUT2D eigenvalue weighted by Crippen LogP contribution is 2.23. The topological polar surface area (TPSA) is 50.6 Å². The molecule has 0 N–H and O–H groups in total. The van der Waals surface area contributed by atoms with Crippen molar-refractivity contribution in [2.45, 2.75) is 40.5 Å². The molecule has 1 saturated heterocycles. The van der Waals surface area contributed by atoms with Gasteiger partial charge in [0.1, 0.15) is 12.4 Å². The van der Waals surface area contributed by atoms with Crippen molar-refractivity contribution in [3.63, 3.8) is 0 Å². The Morgan fingerprint density at radius 1 is 1.13 bits per heavy atom. The Bertz CT molecular complexity index is 1030. The van der Waals surface area contributed by atoms with E-state index in [1.807, 2.05) is 34.1 Å². The number of piperazine rings is 1. The summed E-state index contributed by atoms with van der Waals surface area (Å²) in [5, 5.41) is 6.37. The molecule has 7 heteroatoms. The van der Waals surface area contributed by atoms with Crippen LogP contribution < -0.4 is 4.74 Å². The van der Waals surface area contributed by atoms with Gasteiger partial charge in [-0.1, -0.05) is 12.1 Å². The monoisotopic (exact) mass is 438 g/mol. The van der Waals surface area contributed by atoms with Crippen molar-refractivity contribution in [1.29, 1.82) is 0 Å². The van der Waals surface area contributed by atoms with E-state index in [1.54, 1.807) is 0 Å². The number of hydrogen-bond acceptors (Lipinski definition) is 5. The number of aryl methyl sites for hydroxylation is 3. The number of ether oxygens (including phenoxy) is 1. The molecule has 4 rings (SSSR count). The zero-order valence-electron chi connectivity index (χ0n) is 18.5. The highest BCUT2D eigenvalue weighted by Gasteiger charge is 2.23. The third-order valence-corrected chi connectivity index (χ3v) is 6.65. The molecule has 3 aromatic rings. The van der Waals surface area contributed by atoms with E-state index in [2.05, 4.69) is 48.2 Å². The van der Waals surface area contributed by atoms with Crippen molar-refractivity contribution in [3.8, 4) is 5.75 Å². The number of nitrogens with zero attached hydrogens (tertiary/aromatic N) is 4. The average molecular weight is 439 g/mol. The lowest BCUT2D eigenvalue weighted by atomic mass is 10.1. The number of rotatable bonds is 7. The lowest BCUT2D eigenvalue weighted by Gasteiger charge is -2.34. The molecule has 1 amide bonds. The second-order valence-electron chi connectivity index (χ2n) is 8.15. The van der Waals surface area contributed by atoms with Crippen LogP contribution in [0.5, 0.6) is 5.75 Å². The Morgan fingerprint density at radius 3 is 2.68 bits per heavy atom. The lowest BCUT2D eigenvalue weighted by molar-refractivity contribution is 0.0633. The van der Waals surface area contributed by atoms with Crippen molar-refractivity contribution < 1.29 is 9.53 Å². The minimum Gasteiger partial charge on any atom is -0.489 e. The SMILES string of the molecule is CCn1cc(CN2CCN(C(=O)c3cc(COc4cc(C)ccc4C)cs3)CC2)cn1. The summed E-state index contributed by atoms with van der Waals surface area (Å²) in [5.74, 6) is 1.03. The lowest BCUT2D eigenvalue weighted by Crippen LogP contribution is -2.48. The molecule has 0 spiro atoms. The highest BCUT2D eigenvalue weighted by atomic mass is 32.1. The number of carbonyl (C=O) groups is 1. The van der Waals surface area contributed by atoms with E-state index in [0.29, 0.717) is 6.61 Å². The van der Waals surface area contributed by atoms with Gasteiger partial charge >= 0.3 is 0 Å². The van der Waals surface area contributed by atoms with Crippen molar-refractivity contribution >= 4 is 17.2 Å². The molecule has 2 aromatic heterocycles. The van der Waals surface area contributed by atoms with Crippen molar-refractivity contribution in [3.05, 3.63) is 69.2 Å². The summed E-state index contributed by atoms with van der Waals surface area (Å²) >= 11 is 1.51. The molecule has 0 bridgehead atoms. The normalized spacial score (nSPS) is 14.7. The Balaban J connectivity index is 1.28. The number of amides is 1. The van der Waals surface area contributed by atoms with E-state index in [1.165, 1.54) is 22.5 Å². The van der Waals surface area contributed by atoms with E-state index in [-0.39, 0.29) is 5.91 Å². The van der Waals surface area contributed by atoms with Crippen molar-refractivity contribution in [2.75, 3.05) is 26.2 Å². The second-order valence-corrected chi connectivity index (χ2v) is 9.06. The van der Waals surface area contributed by atoms with Crippen molar-refractivity contribution in [1.82, 2.24) is 19.6 Å². The molecule has 6 nitrogen and oxygen atoms in total. The number of carbonyl (C=O) groups excluding carboxylic acids is 1. The van der Waals surface area contributed by atoms with Gasteiger partial charge in [0.25, 0.3) is 5.91 Å². The molecule has 0 saturated carbocycles. The van der Waals surface area contributed by atoms with Gasteiger partial charge in [0.05, 0.1) is 11.1 Å². The molecule has 1 aliphatic rings. The summed E-state index contributed by atoms with van der Waals surface area (Å²) < 4.78 is 7.94. The summed E-state index contributed by atoms with van der Waals surface area (Å²) in [4.78, 5) is 18.1. The Labute approximate surface area is 188 Å². The highest BCUT2D eigenvalue weighted by molar-refractivity contribution is 7.12. The van der Waals surface area contributed by atoms with Gasteiger partial charge in [-0.2, -0.15) is 5.10 Å². The molecular weight excluding hydrogens is 408 g/mol. The summed E-state index contributed by atoms with van der Waals surface area (Å²) in [6.07, 6.45) is 4.04. The average Bonchev–Trinajstić information content (AvgIpc) is 3.44. The van der Waals surface area contributed by atoms with Gasteiger partial charge in [-0.15, -0.1) is 11.3 Å². The molecule has 0 radical (unpaired) electrons. The van der Waals surface area contributed by atoms with Gasteiger partial charge in [-0.25, -0.2) is 0 Å². The van der Waals surface area contributed by atoms with Gasteiger partial charge in [-0.05, 0) is 49.4 Å². The molecule has 1 aromatic carbocycles. The van der Waals surface area contributed by atoms with E-state index in [9.17, 15) is 4.79 Å². The third-order valence-electron chi connectivity index (χ3n) is 5.68. The standard InChI is InChI=1S/C24H30N4O2S/c1-4-28-15-21(13-25-28)14-26-7-9-27(10-8-26)24(29)23-12-20(17-31-23)16-30-22-11-18(2)5-6-19(22)3/h5-6,11-13,15,17H,4,7-10,14,16H2,1-3H3. The molecule has 0 unspecified atom stereocenters. The smallest absolute Gasteiger partial charge is 0.264 e. The van der Waals surface area contributed by atoms with Gasteiger partial charge in [-0.3, -0.25) is 14.4 Å². The maximum atomic E-state index is 13.0. The van der Waals surface area contributed by atoms with E-state index < -0.39 is 0 Å². The van der Waals surface area contributed by atoms with Crippen LogP contribution in [0.1, 0.15) is 38.8 Å². The van der Waals surface area contributed by atoms with Gasteiger partial charge in [0.15, 0.2) is 0 Å². The number of aromatic nitrogens is 2. The fourth-order valence-corrected chi connectivity index (χ4v) is 4.64. The fourth-order valence-electron chi connectivity index (χ4n) is 3.77. The van der Waals surface area contributed by atoms with E-state index in [0.717, 1.165) is 61.0 Å². The van der Waals surface area contributed by atoms with Crippen LogP contribution in [0, 0.1) is 13.8 Å². The molecule has 1 aliphatic heterocycles. The zero-order chi connectivity index (χ0) is 21.8. The van der Waals surface area contributed by atoms with Gasteiger partial charge in [0.2, 0.25) is 0 Å². The van der Waals surface area contributed by atoms with Crippen LogP contribution in [-0.2, 0) is 19.7 Å². The van der Waals surface area contributed by atoms with Crippen LogP contribution in [-0.4, -0.2) is 51.7 Å². The Kier molecular flexibility index (Phi) is 6.73. The fraction of sp³-hybridized carbons (Fsp3) is 0.417. The predicted molar refractivity (Wildman–Crippen MR) is 124 cm³/mol. The third kappa shape index (κ3) is 5.35. The number of benzene rings is 1. The molecule has 0 atom stereocenters. The summed E-state index contributed by atoms with van der Waals surface area (Å²) in [5.41, 5.74) is 4.58. The quantitative estimate of drug-likeness (QED) is 0.557. The van der Waals surface area contributed by atoms with Crippen LogP contribution in [0.3, 0.4) is 0 Å². The maximum absolute atomic E-state index is 13.0. The number of hydrogen-bond donors (Lipinski definition) is 0. The van der Waals surface area contributed by atoms with Crippen LogP contribution >= 0.6 is 11.3 Å². The van der Waals surface area contributed by atoms with Crippen LogP contribution in [0.15, 0.2) is 42.0 Å². The van der Waals surface area contributed by atoms with Crippen LogP contribution in [0.2, 0.25) is 0 Å². The summed E-state index contributed by atoms with van der Waals surface area (Å²) in [6.45, 7) is 11.7. The molecule has 164 valence electrons. The summed E-state index contributed by atoms with van der Waals surface area (Å²) in [6, 6.07) is 8.19. The first kappa shape index (κ1) is 21.6. The second kappa shape index (κ2) is 9.66. The molecule has 0 aliphatic carbocycles. The largest absolute Gasteiger partial charge is 0.489 e. The minimum absolute atomic E-state index is 0.126. The molecule has 3 heterocycles. The minimum atomic E-state index is 0.126. The molecule has 31 heavy (non-hydrogen) atoms. The first-order chi connectivity index (χ1) is 15.0. The Morgan fingerprint density at radius 2 is 1.94 bits per heavy atom.